The zero-order chi connectivity index (χ0) is 20.8. The lowest BCUT2D eigenvalue weighted by Crippen LogP contribution is -2.36. The van der Waals surface area contributed by atoms with Crippen LogP contribution < -0.4 is 4.98 Å². The van der Waals surface area contributed by atoms with E-state index in [0.717, 1.165) is 5.69 Å². The van der Waals surface area contributed by atoms with Gasteiger partial charge in [-0.25, -0.2) is 0 Å². The average Bonchev–Trinajstić information content (AvgIpc) is 2.95. The molecule has 1 nitrogen and oxygen atoms in total. The minimum Gasteiger partial charge on any atom is -0.386 e. The quantitative estimate of drug-likeness (QED) is 0.383. The van der Waals surface area contributed by atoms with Crippen LogP contribution in [0, 0.1) is 5.41 Å². The predicted molar refractivity (Wildman–Crippen MR) is 125 cm³/mol. The molecule has 4 heteroatoms. The van der Waals surface area contributed by atoms with Crippen LogP contribution in [0.3, 0.4) is 0 Å². The van der Waals surface area contributed by atoms with E-state index in [0.29, 0.717) is 0 Å². The summed E-state index contributed by atoms with van der Waals surface area (Å²) in [7, 11) is 0. The zero-order valence-electron chi connectivity index (χ0n) is 18.3. The number of anilines is 1. The Morgan fingerprint density at radius 2 is 1.44 bits per heavy atom. The maximum Gasteiger partial charge on any atom is 0.360 e. The number of allylic oxidation sites excluding steroid dienone is 4. The Hall–Kier alpha value is -0.703. The first kappa shape index (κ1) is 22.6. The Morgan fingerprint density at radius 1 is 0.852 bits per heavy atom. The molecule has 1 N–H and O–H groups in total. The van der Waals surface area contributed by atoms with Gasteiger partial charge < -0.3 is 4.98 Å². The molecule has 0 fully saturated rings. The van der Waals surface area contributed by atoms with Gasteiger partial charge in [0.15, 0.2) is 0 Å². The third kappa shape index (κ3) is 5.43. The fraction of sp³-hybridized carbons (Fsp3) is 0.565. The maximum absolute atomic E-state index is 6.98. The number of hydrogen-bond donors (Lipinski definition) is 1. The number of benzene rings is 1. The zero-order valence-corrected chi connectivity index (χ0v) is 20.8. The van der Waals surface area contributed by atoms with Crippen molar-refractivity contribution in [1.82, 2.24) is 0 Å². The van der Waals surface area contributed by atoms with E-state index in [2.05, 4.69) is 104 Å². The highest BCUT2D eigenvalue weighted by Gasteiger charge is 2.40. The lowest BCUT2D eigenvalue weighted by Gasteiger charge is -2.31. The van der Waals surface area contributed by atoms with Gasteiger partial charge in [-0.2, -0.15) is 0 Å². The minimum absolute atomic E-state index is 0.00886. The van der Waals surface area contributed by atoms with Gasteiger partial charge >= 0.3 is 6.86 Å². The highest BCUT2D eigenvalue weighted by atomic mass is 35.7. The van der Waals surface area contributed by atoms with Crippen LogP contribution >= 0.6 is 22.2 Å². The summed E-state index contributed by atoms with van der Waals surface area (Å²) < 4.78 is 0. The fourth-order valence-electron chi connectivity index (χ4n) is 3.27. The molecule has 0 bridgehead atoms. The molecule has 1 aliphatic rings. The monoisotopic (exact) mass is 423 g/mol. The van der Waals surface area contributed by atoms with Crippen molar-refractivity contribution in [3.05, 3.63) is 53.1 Å². The highest BCUT2D eigenvalue weighted by molar-refractivity contribution is 7.47. The van der Waals surface area contributed by atoms with Crippen molar-refractivity contribution in [2.45, 2.75) is 78.7 Å². The van der Waals surface area contributed by atoms with E-state index in [-0.39, 0.29) is 21.8 Å². The predicted octanol–water partition coefficient (Wildman–Crippen LogP) is 8.02. The van der Waals surface area contributed by atoms with Gasteiger partial charge in [0, 0.05) is 11.2 Å². The molecular formula is C23H35Cl2NSi. The van der Waals surface area contributed by atoms with E-state index in [9.17, 15) is 0 Å². The molecule has 0 amide bonds. The largest absolute Gasteiger partial charge is 0.386 e. The molecule has 0 saturated carbocycles. The van der Waals surface area contributed by atoms with Gasteiger partial charge in [0.25, 0.3) is 0 Å². The maximum atomic E-state index is 6.98. The molecular weight excluding hydrogens is 389 g/mol. The van der Waals surface area contributed by atoms with Crippen LogP contribution in [0.15, 0.2) is 42.0 Å². The van der Waals surface area contributed by atoms with Crippen LogP contribution in [-0.4, -0.2) is 6.86 Å². The third-order valence-electron chi connectivity index (χ3n) is 5.12. The molecule has 0 spiro atoms. The van der Waals surface area contributed by atoms with Crippen LogP contribution in [-0.2, 0) is 10.8 Å². The topological polar surface area (TPSA) is 12.0 Å². The third-order valence-corrected chi connectivity index (χ3v) is 9.00. The molecule has 0 aromatic heterocycles. The molecule has 1 aliphatic carbocycles. The van der Waals surface area contributed by atoms with E-state index in [4.69, 9.17) is 22.2 Å². The summed E-state index contributed by atoms with van der Waals surface area (Å²) in [5.41, 5.74) is 5.13. The molecule has 0 radical (unpaired) electrons. The Labute approximate surface area is 176 Å². The first-order valence-corrected chi connectivity index (χ1v) is 13.8. The first-order chi connectivity index (χ1) is 12.0. The van der Waals surface area contributed by atoms with E-state index >= 15 is 0 Å². The second-order valence-corrected chi connectivity index (χ2v) is 17.1. The molecule has 2 rings (SSSR count). The molecule has 1 aromatic carbocycles. The van der Waals surface area contributed by atoms with E-state index in [1.807, 2.05) is 0 Å². The molecule has 1 unspecified atom stereocenters. The minimum atomic E-state index is -2.79. The molecule has 0 heterocycles. The first-order valence-electron chi connectivity index (χ1n) is 9.73. The molecule has 0 aliphatic heterocycles. The van der Waals surface area contributed by atoms with Crippen molar-refractivity contribution in [2.75, 3.05) is 4.98 Å². The van der Waals surface area contributed by atoms with Gasteiger partial charge in [-0.1, -0.05) is 92.7 Å². The van der Waals surface area contributed by atoms with Gasteiger partial charge in [-0.05, 0) is 39.0 Å². The summed E-state index contributed by atoms with van der Waals surface area (Å²) >= 11 is 14.0. The van der Waals surface area contributed by atoms with Crippen molar-refractivity contribution in [2.24, 2.45) is 5.41 Å². The standard InChI is InChI=1S/C23H35Cl2NSi/c1-21(2,3)16-10-12-18(14-16)27(24,25)26-20-15-17(22(4,5)6)11-13-19(20)23(7,8)9/h10-15,18,26H,1-9H3. The Bertz CT molecular complexity index is 756. The summed E-state index contributed by atoms with van der Waals surface area (Å²) in [4.78, 5) is 3.59. The Balaban J connectivity index is 2.43. The van der Waals surface area contributed by atoms with E-state index in [1.54, 1.807) is 0 Å². The summed E-state index contributed by atoms with van der Waals surface area (Å²) in [6.07, 6.45) is 6.57. The van der Waals surface area contributed by atoms with E-state index in [1.165, 1.54) is 16.7 Å². The van der Waals surface area contributed by atoms with Crippen LogP contribution in [0.25, 0.3) is 0 Å². The van der Waals surface area contributed by atoms with Crippen molar-refractivity contribution in [3.8, 4) is 0 Å². The fourth-order valence-corrected chi connectivity index (χ4v) is 6.15. The van der Waals surface area contributed by atoms with Crippen LogP contribution in [0.4, 0.5) is 5.69 Å². The van der Waals surface area contributed by atoms with Gasteiger partial charge in [0.2, 0.25) is 0 Å². The summed E-state index contributed by atoms with van der Waals surface area (Å²) in [5.74, 6) is 0. The lowest BCUT2D eigenvalue weighted by atomic mass is 9.81. The van der Waals surface area contributed by atoms with Crippen molar-refractivity contribution < 1.29 is 0 Å². The lowest BCUT2D eigenvalue weighted by molar-refractivity contribution is 0.518. The van der Waals surface area contributed by atoms with Crippen LogP contribution in [0.5, 0.6) is 0 Å². The van der Waals surface area contributed by atoms with Crippen LogP contribution in [0.1, 0.15) is 73.4 Å². The van der Waals surface area contributed by atoms with Gasteiger partial charge in [-0.3, -0.25) is 0 Å². The van der Waals surface area contributed by atoms with Gasteiger partial charge in [-0.15, -0.1) is 22.2 Å². The van der Waals surface area contributed by atoms with E-state index < -0.39 is 6.86 Å². The van der Waals surface area contributed by atoms with Crippen molar-refractivity contribution in [1.29, 1.82) is 0 Å². The van der Waals surface area contributed by atoms with Crippen LogP contribution in [0.2, 0.25) is 5.54 Å². The summed E-state index contributed by atoms with van der Waals surface area (Å²) in [5, 5.41) is 0. The SMILES string of the molecule is CC(C)(C)C1=CC([Si](Cl)(Cl)Nc2cc(C(C)(C)C)ccc2C(C)(C)C)C=C1. The molecule has 27 heavy (non-hydrogen) atoms. The van der Waals surface area contributed by atoms with Gasteiger partial charge in [0.1, 0.15) is 0 Å². The smallest absolute Gasteiger partial charge is 0.360 e. The molecule has 1 aromatic rings. The summed E-state index contributed by atoms with van der Waals surface area (Å²) in [6, 6.07) is 6.69. The number of nitrogens with one attached hydrogen (secondary N) is 1. The number of halogens is 2. The number of rotatable bonds is 3. The highest BCUT2D eigenvalue weighted by Crippen LogP contribution is 2.43. The molecule has 150 valence electrons. The number of hydrogen-bond acceptors (Lipinski definition) is 1. The Morgan fingerprint density at radius 3 is 1.89 bits per heavy atom. The Kier molecular flexibility index (Phi) is 6.09. The van der Waals surface area contributed by atoms with Crippen molar-refractivity contribution in [3.63, 3.8) is 0 Å². The average molecular weight is 425 g/mol. The van der Waals surface area contributed by atoms with Crippen molar-refractivity contribution >= 4 is 34.7 Å². The second-order valence-electron chi connectivity index (χ2n) is 10.8. The summed E-state index contributed by atoms with van der Waals surface area (Å²) in [6.45, 7) is 17.2. The second kappa shape index (κ2) is 7.28. The van der Waals surface area contributed by atoms with Gasteiger partial charge in [0.05, 0.1) is 0 Å². The normalized spacial score (nSPS) is 18.6. The molecule has 1 atom stereocenters. The molecule has 0 saturated heterocycles.